The van der Waals surface area contributed by atoms with E-state index in [0.29, 0.717) is 31.6 Å². The van der Waals surface area contributed by atoms with E-state index in [0.717, 1.165) is 6.54 Å². The van der Waals surface area contributed by atoms with Crippen molar-refractivity contribution < 1.29 is 19.1 Å². The number of aliphatic hydroxyl groups excluding tert-OH is 1. The van der Waals surface area contributed by atoms with Gasteiger partial charge in [-0.15, -0.1) is 11.3 Å². The minimum atomic E-state index is -0.821. The minimum Gasteiger partial charge on any atom is -0.392 e. The van der Waals surface area contributed by atoms with E-state index >= 15 is 0 Å². The Kier molecular flexibility index (Phi) is 4.54. The molecule has 152 valence electrons. The number of carbonyl (C=O) groups is 2. The van der Waals surface area contributed by atoms with Crippen LogP contribution in [-0.2, 0) is 22.7 Å². The van der Waals surface area contributed by atoms with Crippen LogP contribution in [-0.4, -0.2) is 68.9 Å². The third-order valence-electron chi connectivity index (χ3n) is 6.24. The van der Waals surface area contributed by atoms with Gasteiger partial charge in [-0.25, -0.2) is 4.39 Å². The molecule has 2 amide bonds. The molecule has 5 rings (SSSR count). The molecule has 3 aliphatic heterocycles. The van der Waals surface area contributed by atoms with E-state index in [9.17, 15) is 19.1 Å². The molecule has 4 heterocycles. The van der Waals surface area contributed by atoms with Crippen molar-refractivity contribution in [2.75, 3.05) is 19.6 Å². The molecule has 2 atom stereocenters. The molecule has 29 heavy (non-hydrogen) atoms. The summed E-state index contributed by atoms with van der Waals surface area (Å²) < 4.78 is 14.2. The Hall–Kier alpha value is -2.13. The van der Waals surface area contributed by atoms with Gasteiger partial charge < -0.3 is 5.11 Å². The highest BCUT2D eigenvalue weighted by atomic mass is 32.1. The van der Waals surface area contributed by atoms with Gasteiger partial charge in [0.1, 0.15) is 11.4 Å². The fourth-order valence-electron chi connectivity index (χ4n) is 4.87. The molecule has 6 nitrogen and oxygen atoms in total. The Morgan fingerprint density at radius 2 is 1.93 bits per heavy atom. The molecule has 0 bridgehead atoms. The van der Waals surface area contributed by atoms with Crippen LogP contribution in [0.15, 0.2) is 41.8 Å². The average Bonchev–Trinajstić information content (AvgIpc) is 3.31. The summed E-state index contributed by atoms with van der Waals surface area (Å²) >= 11 is 1.67. The highest BCUT2D eigenvalue weighted by Crippen LogP contribution is 2.41. The van der Waals surface area contributed by atoms with Crippen molar-refractivity contribution in [1.29, 1.82) is 0 Å². The maximum atomic E-state index is 14.2. The van der Waals surface area contributed by atoms with Gasteiger partial charge >= 0.3 is 0 Å². The van der Waals surface area contributed by atoms with Crippen molar-refractivity contribution in [3.05, 3.63) is 58.0 Å². The monoisotopic (exact) mass is 415 g/mol. The minimum absolute atomic E-state index is 0.0720. The van der Waals surface area contributed by atoms with Crippen LogP contribution in [0.3, 0.4) is 0 Å². The first kappa shape index (κ1) is 18.9. The van der Waals surface area contributed by atoms with Crippen molar-refractivity contribution in [3.8, 4) is 0 Å². The molecule has 3 saturated heterocycles. The average molecular weight is 415 g/mol. The van der Waals surface area contributed by atoms with Gasteiger partial charge in [0.05, 0.1) is 18.7 Å². The van der Waals surface area contributed by atoms with E-state index in [2.05, 4.69) is 11.0 Å². The van der Waals surface area contributed by atoms with Crippen molar-refractivity contribution in [2.24, 2.45) is 0 Å². The molecule has 0 radical (unpaired) electrons. The third kappa shape index (κ3) is 3.02. The number of hydrogen-bond donors (Lipinski definition) is 1. The van der Waals surface area contributed by atoms with Gasteiger partial charge in [-0.3, -0.25) is 24.3 Å². The van der Waals surface area contributed by atoms with Gasteiger partial charge in [0.15, 0.2) is 0 Å². The van der Waals surface area contributed by atoms with Gasteiger partial charge in [-0.2, -0.15) is 0 Å². The number of thiophene rings is 1. The van der Waals surface area contributed by atoms with Crippen LogP contribution in [0.5, 0.6) is 0 Å². The van der Waals surface area contributed by atoms with Crippen LogP contribution < -0.4 is 0 Å². The molecule has 1 N–H and O–H groups in total. The van der Waals surface area contributed by atoms with Gasteiger partial charge in [-0.1, -0.05) is 24.3 Å². The van der Waals surface area contributed by atoms with Gasteiger partial charge in [0.25, 0.3) is 5.91 Å². The molecule has 3 aliphatic rings. The molecule has 2 aromatic rings. The molecular formula is C21H22FN3O3S. The molecule has 8 heteroatoms. The van der Waals surface area contributed by atoms with Crippen LogP contribution in [0.2, 0.25) is 0 Å². The lowest BCUT2D eigenvalue weighted by Crippen LogP contribution is -2.81. The summed E-state index contributed by atoms with van der Waals surface area (Å²) in [7, 11) is 0. The largest absolute Gasteiger partial charge is 0.392 e. The molecule has 1 spiro atoms. The topological polar surface area (TPSA) is 64.1 Å². The molecular weight excluding hydrogens is 393 g/mol. The molecule has 2 unspecified atom stereocenters. The number of benzene rings is 1. The number of imide groups is 1. The summed E-state index contributed by atoms with van der Waals surface area (Å²) in [5, 5.41) is 12.2. The van der Waals surface area contributed by atoms with Crippen LogP contribution in [0, 0.1) is 5.82 Å². The Labute approximate surface area is 172 Å². The number of likely N-dealkylation sites (tertiary alicyclic amines) is 1. The molecule has 0 aliphatic carbocycles. The van der Waals surface area contributed by atoms with E-state index in [1.807, 2.05) is 16.3 Å². The maximum Gasteiger partial charge on any atom is 0.252 e. The fraction of sp³-hybridized carbons (Fsp3) is 0.429. The summed E-state index contributed by atoms with van der Waals surface area (Å²) in [6.07, 6.45) is -0.319. The predicted molar refractivity (Wildman–Crippen MR) is 105 cm³/mol. The number of fused-ring (bicyclic) bond motifs is 2. The molecule has 1 aromatic carbocycles. The number of aliphatic hydroxyl groups is 1. The molecule has 1 aromatic heterocycles. The quantitative estimate of drug-likeness (QED) is 0.766. The number of rotatable bonds is 4. The lowest BCUT2D eigenvalue weighted by atomic mass is 9.82. The Bertz CT molecular complexity index is 944. The fourth-order valence-corrected chi connectivity index (χ4v) is 5.61. The van der Waals surface area contributed by atoms with Crippen molar-refractivity contribution >= 4 is 23.2 Å². The van der Waals surface area contributed by atoms with E-state index in [1.54, 1.807) is 29.5 Å². The number of amides is 2. The van der Waals surface area contributed by atoms with Crippen molar-refractivity contribution in [3.63, 3.8) is 0 Å². The number of nitrogens with zero attached hydrogens (tertiary/aromatic N) is 3. The van der Waals surface area contributed by atoms with Crippen molar-refractivity contribution in [2.45, 2.75) is 37.2 Å². The lowest BCUT2D eigenvalue weighted by Gasteiger charge is -2.58. The number of piperazine rings is 1. The second-order valence-corrected chi connectivity index (χ2v) is 9.17. The second kappa shape index (κ2) is 6.98. The zero-order valence-electron chi connectivity index (χ0n) is 15.8. The first-order valence-corrected chi connectivity index (χ1v) is 10.6. The van der Waals surface area contributed by atoms with Crippen LogP contribution >= 0.6 is 11.3 Å². The van der Waals surface area contributed by atoms with Crippen LogP contribution in [0.4, 0.5) is 4.39 Å². The summed E-state index contributed by atoms with van der Waals surface area (Å²) in [5.41, 5.74) is -0.496. The van der Waals surface area contributed by atoms with Crippen LogP contribution in [0.1, 0.15) is 16.9 Å². The predicted octanol–water partition coefficient (Wildman–Crippen LogP) is 1.45. The number of hydrogen-bond acceptors (Lipinski definition) is 6. The number of β-amino-alcohol motifs (C(OH)–C–C–N with tert-alkyl or cyclic N) is 1. The zero-order chi connectivity index (χ0) is 20.2. The first-order chi connectivity index (χ1) is 14.0. The van der Waals surface area contributed by atoms with Gasteiger partial charge in [0, 0.05) is 36.6 Å². The SMILES string of the molecule is O=C1C2CC(O)CN2C2(CN(Cc3cccs3)C2)C(=O)N1Cc1ccccc1F. The maximum absolute atomic E-state index is 14.2. The van der Waals surface area contributed by atoms with E-state index in [4.69, 9.17) is 0 Å². The highest BCUT2D eigenvalue weighted by molar-refractivity contribution is 7.09. The molecule has 0 saturated carbocycles. The standard InChI is InChI=1S/C21H22FN3O3S/c22-17-6-2-1-4-14(17)9-24-19(27)18-8-15(26)10-25(18)21(20(24)28)12-23(13-21)11-16-5-3-7-29-16/h1-7,15,18,26H,8-13H2. The van der Waals surface area contributed by atoms with Crippen LogP contribution in [0.25, 0.3) is 0 Å². The van der Waals surface area contributed by atoms with Gasteiger partial charge in [-0.05, 0) is 23.9 Å². The number of carbonyl (C=O) groups excluding carboxylic acids is 2. The Balaban J connectivity index is 1.42. The normalized spacial score (nSPS) is 26.8. The Morgan fingerprint density at radius 1 is 1.14 bits per heavy atom. The lowest BCUT2D eigenvalue weighted by molar-refractivity contribution is -0.181. The summed E-state index contributed by atoms with van der Waals surface area (Å²) in [4.78, 5) is 33.1. The highest BCUT2D eigenvalue weighted by Gasteiger charge is 2.64. The zero-order valence-corrected chi connectivity index (χ0v) is 16.6. The van der Waals surface area contributed by atoms with E-state index in [-0.39, 0.29) is 18.4 Å². The third-order valence-corrected chi connectivity index (χ3v) is 7.10. The van der Waals surface area contributed by atoms with Gasteiger partial charge in [0.2, 0.25) is 5.91 Å². The Morgan fingerprint density at radius 3 is 2.66 bits per heavy atom. The summed E-state index contributed by atoms with van der Waals surface area (Å²) in [5.74, 6) is -1.04. The smallest absolute Gasteiger partial charge is 0.252 e. The van der Waals surface area contributed by atoms with E-state index in [1.165, 1.54) is 15.8 Å². The first-order valence-electron chi connectivity index (χ1n) is 9.77. The second-order valence-electron chi connectivity index (χ2n) is 8.13. The van der Waals surface area contributed by atoms with Crippen molar-refractivity contribution in [1.82, 2.24) is 14.7 Å². The number of halogens is 1. The molecule has 3 fully saturated rings. The van der Waals surface area contributed by atoms with E-state index < -0.39 is 23.5 Å². The summed E-state index contributed by atoms with van der Waals surface area (Å²) in [6.45, 7) is 2.02. The summed E-state index contributed by atoms with van der Waals surface area (Å²) in [6, 6.07) is 9.76.